The van der Waals surface area contributed by atoms with E-state index in [-0.39, 0.29) is 29.8 Å². The highest BCUT2D eigenvalue weighted by Gasteiger charge is 2.46. The summed E-state index contributed by atoms with van der Waals surface area (Å²) in [6, 6.07) is 10.1. The summed E-state index contributed by atoms with van der Waals surface area (Å²) in [6.07, 6.45) is -4.22. The van der Waals surface area contributed by atoms with Gasteiger partial charge >= 0.3 is 12.3 Å². The van der Waals surface area contributed by atoms with Crippen LogP contribution in [0.15, 0.2) is 46.9 Å². The van der Waals surface area contributed by atoms with E-state index in [2.05, 4.69) is 31.0 Å². The van der Waals surface area contributed by atoms with Crippen molar-refractivity contribution >= 4 is 44.5 Å². The number of anilines is 1. The van der Waals surface area contributed by atoms with Gasteiger partial charge in [-0.3, -0.25) is 9.59 Å². The first-order valence-electron chi connectivity index (χ1n) is 13.2. The van der Waals surface area contributed by atoms with E-state index in [1.165, 1.54) is 30.2 Å². The molecule has 1 saturated carbocycles. The summed E-state index contributed by atoms with van der Waals surface area (Å²) in [6.45, 7) is 0.575. The lowest BCUT2D eigenvalue weighted by Gasteiger charge is -2.40. The van der Waals surface area contributed by atoms with Gasteiger partial charge in [-0.1, -0.05) is 34.1 Å². The van der Waals surface area contributed by atoms with Crippen LogP contribution in [0.1, 0.15) is 46.7 Å². The van der Waals surface area contributed by atoms with E-state index in [4.69, 9.17) is 4.74 Å². The molecule has 0 spiro atoms. The third kappa shape index (κ3) is 6.16. The minimum atomic E-state index is -4.95. The zero-order valence-corrected chi connectivity index (χ0v) is 24.2. The lowest BCUT2D eigenvalue weighted by atomic mass is 9.74. The Bertz CT molecular complexity index is 1530. The number of aromatic nitrogens is 1. The predicted octanol–water partition coefficient (Wildman–Crippen LogP) is 6.51. The number of nitrogens with zero attached hydrogens (tertiary/aromatic N) is 2. The fourth-order valence-electron chi connectivity index (χ4n) is 5.89. The number of carbonyl (C=O) groups excluding carboxylic acids is 2. The van der Waals surface area contributed by atoms with Crippen molar-refractivity contribution in [3.8, 4) is 5.75 Å². The molecule has 3 atom stereocenters. The van der Waals surface area contributed by atoms with Crippen LogP contribution in [0.4, 0.5) is 27.8 Å². The maximum atomic E-state index is 14.0. The minimum Gasteiger partial charge on any atom is -0.469 e. The van der Waals surface area contributed by atoms with E-state index in [9.17, 15) is 31.5 Å². The number of ether oxygens (including phenoxy) is 2. The van der Waals surface area contributed by atoms with Crippen LogP contribution >= 0.6 is 15.9 Å². The number of pyridine rings is 1. The molecule has 7 nitrogen and oxygen atoms in total. The molecule has 42 heavy (non-hydrogen) atoms. The number of nitrogens with one attached hydrogen (secondary N) is 1. The second kappa shape index (κ2) is 11.3. The van der Waals surface area contributed by atoms with E-state index in [0.29, 0.717) is 27.4 Å². The smallest absolute Gasteiger partial charge is 0.469 e. The average Bonchev–Trinajstić information content (AvgIpc) is 2.90. The summed E-state index contributed by atoms with van der Waals surface area (Å²) in [4.78, 5) is 32.4. The van der Waals surface area contributed by atoms with Crippen LogP contribution in [0, 0.1) is 12.8 Å². The van der Waals surface area contributed by atoms with Gasteiger partial charge in [0.2, 0.25) is 0 Å². The summed E-state index contributed by atoms with van der Waals surface area (Å²) in [5.41, 5.74) is 1.24. The summed E-state index contributed by atoms with van der Waals surface area (Å²) >= 11 is 3.41. The Morgan fingerprint density at radius 2 is 1.83 bits per heavy atom. The van der Waals surface area contributed by atoms with Gasteiger partial charge in [0.05, 0.1) is 37.2 Å². The molecule has 1 amide bonds. The molecule has 1 aliphatic carbocycles. The molecule has 1 aliphatic heterocycles. The Morgan fingerprint density at radius 3 is 2.50 bits per heavy atom. The molecule has 1 aromatic heterocycles. The number of halogens is 6. The normalized spacial score (nSPS) is 21.9. The van der Waals surface area contributed by atoms with E-state index >= 15 is 0 Å². The first-order chi connectivity index (χ1) is 19.8. The second-order valence-corrected chi connectivity index (χ2v) is 11.5. The molecule has 13 heteroatoms. The van der Waals surface area contributed by atoms with Crippen molar-refractivity contribution in [1.29, 1.82) is 0 Å². The van der Waals surface area contributed by atoms with Gasteiger partial charge in [0.15, 0.2) is 0 Å². The number of rotatable bonds is 6. The first-order valence-corrected chi connectivity index (χ1v) is 14.0. The summed E-state index contributed by atoms with van der Waals surface area (Å²) in [7, 11) is 1.24. The Kier molecular flexibility index (Phi) is 8.08. The lowest BCUT2D eigenvalue weighted by Crippen LogP contribution is -2.57. The van der Waals surface area contributed by atoms with Gasteiger partial charge in [-0.2, -0.15) is 0 Å². The Labute approximate surface area is 246 Å². The van der Waals surface area contributed by atoms with Crippen molar-refractivity contribution in [2.75, 3.05) is 25.1 Å². The largest absolute Gasteiger partial charge is 0.573 e. The van der Waals surface area contributed by atoms with Crippen LogP contribution in [0.2, 0.25) is 0 Å². The number of benzene rings is 2. The van der Waals surface area contributed by atoms with Gasteiger partial charge in [0, 0.05) is 27.4 Å². The number of alkyl halides is 5. The number of hydrogen-bond donors (Lipinski definition) is 1. The maximum Gasteiger partial charge on any atom is 0.573 e. The maximum absolute atomic E-state index is 14.0. The van der Waals surface area contributed by atoms with Crippen molar-refractivity contribution < 1.29 is 41.0 Å². The van der Waals surface area contributed by atoms with Gasteiger partial charge < -0.3 is 19.7 Å². The third-order valence-electron chi connectivity index (χ3n) is 7.78. The van der Waals surface area contributed by atoms with Gasteiger partial charge in [0.25, 0.3) is 11.8 Å². The topological polar surface area (TPSA) is 80.8 Å². The lowest BCUT2D eigenvalue weighted by molar-refractivity contribution is -0.275. The third-order valence-corrected chi connectivity index (χ3v) is 8.27. The van der Waals surface area contributed by atoms with E-state index in [0.717, 1.165) is 0 Å². The van der Waals surface area contributed by atoms with Crippen molar-refractivity contribution in [3.63, 3.8) is 0 Å². The van der Waals surface area contributed by atoms with Gasteiger partial charge in [-0.05, 0) is 56.0 Å². The summed E-state index contributed by atoms with van der Waals surface area (Å²) < 4.78 is 77.1. The Hall–Kier alpha value is -3.48. The molecule has 3 unspecified atom stereocenters. The number of esters is 1. The Morgan fingerprint density at radius 1 is 1.12 bits per heavy atom. The monoisotopic (exact) mass is 655 g/mol. The average molecular weight is 656 g/mol. The van der Waals surface area contributed by atoms with E-state index in [1.54, 1.807) is 31.2 Å². The predicted molar refractivity (Wildman–Crippen MR) is 148 cm³/mol. The van der Waals surface area contributed by atoms with Gasteiger partial charge in [-0.15, -0.1) is 13.2 Å². The SMILES string of the molecule is COC(=O)C1CCC(NC(=O)c2c(C)c(N3CC(F)(F)C3)nc3ccc(Br)cc23)C(c2ccccc2OC(F)(F)F)C1. The number of amides is 1. The van der Waals surface area contributed by atoms with Gasteiger partial charge in [-0.25, -0.2) is 13.8 Å². The summed E-state index contributed by atoms with van der Waals surface area (Å²) in [5.74, 6) is -5.36. The molecule has 2 heterocycles. The van der Waals surface area contributed by atoms with Crippen molar-refractivity contribution in [2.24, 2.45) is 5.92 Å². The van der Waals surface area contributed by atoms with Gasteiger partial charge in [0.1, 0.15) is 11.6 Å². The fourth-order valence-corrected chi connectivity index (χ4v) is 6.25. The van der Waals surface area contributed by atoms with Crippen LogP contribution < -0.4 is 15.0 Å². The molecule has 3 aromatic rings. The molecule has 5 rings (SSSR count). The molecule has 1 saturated heterocycles. The Balaban J connectivity index is 1.53. The van der Waals surface area contributed by atoms with Crippen molar-refractivity contribution in [3.05, 3.63) is 63.6 Å². The molecule has 2 aromatic carbocycles. The van der Waals surface area contributed by atoms with Crippen LogP contribution in [0.3, 0.4) is 0 Å². The quantitative estimate of drug-likeness (QED) is 0.241. The summed E-state index contributed by atoms with van der Waals surface area (Å²) in [5, 5.41) is 3.47. The highest BCUT2D eigenvalue weighted by Crippen LogP contribution is 2.43. The zero-order chi connectivity index (χ0) is 30.4. The number of hydrogen-bond acceptors (Lipinski definition) is 6. The number of carbonyl (C=O) groups is 2. The van der Waals surface area contributed by atoms with Crippen molar-refractivity contribution in [1.82, 2.24) is 10.3 Å². The van der Waals surface area contributed by atoms with Crippen molar-refractivity contribution in [2.45, 2.75) is 50.4 Å². The molecular formula is C29H27BrF5N3O4. The molecule has 0 bridgehead atoms. The van der Waals surface area contributed by atoms with E-state index in [1.807, 2.05) is 0 Å². The van der Waals surface area contributed by atoms with Crippen LogP contribution in [0.5, 0.6) is 5.75 Å². The molecule has 2 fully saturated rings. The van der Waals surface area contributed by atoms with Crippen LogP contribution in [-0.4, -0.2) is 55.4 Å². The highest BCUT2D eigenvalue weighted by atomic mass is 79.9. The first kappa shape index (κ1) is 30.0. The van der Waals surface area contributed by atoms with Crippen LogP contribution in [0.25, 0.3) is 10.9 Å². The van der Waals surface area contributed by atoms with E-state index < -0.39 is 60.9 Å². The fraction of sp³-hybridized carbons (Fsp3) is 0.414. The minimum absolute atomic E-state index is 0.117. The molecular weight excluding hydrogens is 629 g/mol. The van der Waals surface area contributed by atoms with Crippen LogP contribution in [-0.2, 0) is 9.53 Å². The number of methoxy groups -OCH3 is 1. The number of fused-ring (bicyclic) bond motifs is 1. The zero-order valence-electron chi connectivity index (χ0n) is 22.6. The second-order valence-electron chi connectivity index (χ2n) is 10.6. The molecule has 0 radical (unpaired) electrons. The molecule has 1 N–H and O–H groups in total. The highest BCUT2D eigenvalue weighted by molar-refractivity contribution is 9.10. The molecule has 224 valence electrons. The number of para-hydroxylation sites is 1. The molecule has 2 aliphatic rings. The standard InChI is InChI=1S/C29H27BrF5N3O4/c1-15-24(20-12-17(30)8-10-22(20)36-25(15)38-13-28(31,32)14-38)26(39)37-21-9-7-16(27(40)41-2)11-19(21)18-5-3-4-6-23(18)42-29(33,34)35/h3-6,8,10,12,16,19,21H,7,9,11,13-14H2,1-2H3,(H,37,39).